The summed E-state index contributed by atoms with van der Waals surface area (Å²) in [7, 11) is 1.40. The Morgan fingerprint density at radius 2 is 2.11 bits per heavy atom. The van der Waals surface area contributed by atoms with E-state index in [0.717, 1.165) is 32.2 Å². The van der Waals surface area contributed by atoms with Gasteiger partial charge < -0.3 is 30.0 Å². The number of ether oxygens (including phenoxy) is 1. The first-order chi connectivity index (χ1) is 18.5. The van der Waals surface area contributed by atoms with Crippen molar-refractivity contribution < 1.29 is 9.53 Å². The highest BCUT2D eigenvalue weighted by atomic mass is 35.5. The molecule has 2 aliphatic heterocycles. The molecule has 38 heavy (non-hydrogen) atoms. The molecule has 0 spiro atoms. The fraction of sp³-hybridized carbons (Fsp3) is 0.440. The molecule has 1 saturated carbocycles. The zero-order chi connectivity index (χ0) is 26.4. The molecule has 2 unspecified atom stereocenters. The van der Waals surface area contributed by atoms with Gasteiger partial charge >= 0.3 is 6.09 Å². The first-order valence-corrected chi connectivity index (χ1v) is 12.9. The number of imidazole rings is 1. The zero-order valence-electron chi connectivity index (χ0n) is 20.7. The van der Waals surface area contributed by atoms with E-state index >= 15 is 0 Å². The maximum atomic E-state index is 12.3. The van der Waals surface area contributed by atoms with Crippen LogP contribution in [0.5, 0.6) is 0 Å². The molecule has 1 amide bonds. The van der Waals surface area contributed by atoms with Crippen molar-refractivity contribution in [3.8, 4) is 6.07 Å². The van der Waals surface area contributed by atoms with Crippen molar-refractivity contribution in [2.75, 3.05) is 42.3 Å². The molecular formula is C25H25ClN10O2. The SMILES string of the molecule is [C-]#[N+]c1cnc2c(NC3CC3)nc(Nc3cc(C#N)cc(N4CCC5CCN(C(=O)OC)C5C4)c3Cl)nn12. The van der Waals surface area contributed by atoms with Crippen LogP contribution in [0, 0.1) is 23.8 Å². The van der Waals surface area contributed by atoms with Crippen molar-refractivity contribution in [1.82, 2.24) is 24.5 Å². The number of nitriles is 1. The minimum absolute atomic E-state index is 0.0181. The lowest BCUT2D eigenvalue weighted by Crippen LogP contribution is -2.50. The molecule has 3 fully saturated rings. The van der Waals surface area contributed by atoms with E-state index in [-0.39, 0.29) is 23.9 Å². The molecule has 1 aliphatic carbocycles. The Morgan fingerprint density at radius 3 is 2.84 bits per heavy atom. The Balaban J connectivity index is 1.34. The number of fused-ring (bicyclic) bond motifs is 2. The van der Waals surface area contributed by atoms with E-state index in [2.05, 4.69) is 41.5 Å². The number of carbonyl (C=O) groups excluding carboxylic acids is 1. The number of rotatable bonds is 5. The van der Waals surface area contributed by atoms with Crippen LogP contribution in [0.15, 0.2) is 18.3 Å². The zero-order valence-corrected chi connectivity index (χ0v) is 21.4. The van der Waals surface area contributed by atoms with E-state index in [1.807, 2.05) is 0 Å². The minimum atomic E-state index is -0.319. The van der Waals surface area contributed by atoms with Crippen LogP contribution in [0.25, 0.3) is 10.5 Å². The third-order valence-corrected chi connectivity index (χ3v) is 7.82. The summed E-state index contributed by atoms with van der Waals surface area (Å²) in [5.41, 5.74) is 2.07. The molecule has 2 N–H and O–H groups in total. The number of nitrogens with one attached hydrogen (secondary N) is 2. The number of anilines is 4. The smallest absolute Gasteiger partial charge is 0.409 e. The lowest BCUT2D eigenvalue weighted by Gasteiger charge is -2.39. The molecule has 2 atom stereocenters. The van der Waals surface area contributed by atoms with Gasteiger partial charge in [0.2, 0.25) is 0 Å². The molecular weight excluding hydrogens is 508 g/mol. The second-order valence-electron chi connectivity index (χ2n) is 9.77. The van der Waals surface area contributed by atoms with Gasteiger partial charge in [0.15, 0.2) is 5.82 Å². The number of benzene rings is 1. The van der Waals surface area contributed by atoms with Crippen LogP contribution >= 0.6 is 11.6 Å². The lowest BCUT2D eigenvalue weighted by molar-refractivity contribution is 0.112. The summed E-state index contributed by atoms with van der Waals surface area (Å²) in [5, 5.41) is 21.2. The van der Waals surface area contributed by atoms with Gasteiger partial charge in [-0.2, -0.15) is 10.2 Å². The Morgan fingerprint density at radius 1 is 1.29 bits per heavy atom. The Hall–Kier alpha value is -4.29. The maximum absolute atomic E-state index is 12.3. The summed E-state index contributed by atoms with van der Waals surface area (Å²) in [4.78, 5) is 28.7. The average molecular weight is 533 g/mol. The molecule has 6 rings (SSSR count). The fourth-order valence-corrected chi connectivity index (χ4v) is 5.61. The van der Waals surface area contributed by atoms with Crippen LogP contribution in [0.3, 0.4) is 0 Å². The quantitative estimate of drug-likeness (QED) is 0.465. The molecule has 0 radical (unpaired) electrons. The van der Waals surface area contributed by atoms with E-state index in [1.165, 1.54) is 17.8 Å². The lowest BCUT2D eigenvalue weighted by atomic mass is 9.91. The molecule has 0 bridgehead atoms. The molecule has 12 nitrogen and oxygen atoms in total. The van der Waals surface area contributed by atoms with E-state index in [4.69, 9.17) is 22.9 Å². The summed E-state index contributed by atoms with van der Waals surface area (Å²) in [6.07, 6.45) is 5.08. The molecule has 3 aliphatic rings. The maximum Gasteiger partial charge on any atom is 0.409 e. The topological polar surface area (TPSA) is 128 Å². The number of amides is 1. The number of aromatic nitrogens is 4. The number of piperidine rings is 1. The van der Waals surface area contributed by atoms with Crippen molar-refractivity contribution >= 4 is 52.3 Å². The standard InChI is InChI=1S/C25H25ClN10O2/c1-28-20-12-29-23-22(30-16-3-4-16)32-24(33-36(20)23)31-17-9-14(11-27)10-18(21(17)26)34-7-5-15-6-8-35(19(15)13-34)25(37)38-2/h9-10,12,15-16,19H,3-8,13H2,2H3,(H2,30,31,32,33). The van der Waals surface area contributed by atoms with Crippen LogP contribution in [-0.2, 0) is 4.74 Å². The molecule has 13 heteroatoms. The first-order valence-electron chi connectivity index (χ1n) is 12.5. The first kappa shape index (κ1) is 24.1. The summed E-state index contributed by atoms with van der Waals surface area (Å²) >= 11 is 6.92. The second kappa shape index (κ2) is 9.54. The van der Waals surface area contributed by atoms with Gasteiger partial charge in [-0.05, 0) is 43.7 Å². The molecule has 194 valence electrons. The van der Waals surface area contributed by atoms with Gasteiger partial charge in [-0.1, -0.05) is 23.3 Å². The number of methoxy groups -OCH3 is 1. The van der Waals surface area contributed by atoms with E-state index in [1.54, 1.807) is 17.0 Å². The van der Waals surface area contributed by atoms with Crippen LogP contribution in [-0.4, -0.2) is 69.4 Å². The highest BCUT2D eigenvalue weighted by Gasteiger charge is 2.41. The molecule has 3 aromatic rings. The highest BCUT2D eigenvalue weighted by molar-refractivity contribution is 6.36. The van der Waals surface area contributed by atoms with E-state index in [0.29, 0.717) is 58.5 Å². The average Bonchev–Trinajstić information content (AvgIpc) is 3.49. The van der Waals surface area contributed by atoms with Crippen LogP contribution in [0.2, 0.25) is 5.02 Å². The van der Waals surface area contributed by atoms with Crippen molar-refractivity contribution in [2.24, 2.45) is 5.92 Å². The van der Waals surface area contributed by atoms with Gasteiger partial charge in [-0.15, -0.1) is 4.52 Å². The number of hydrogen-bond donors (Lipinski definition) is 2. The van der Waals surface area contributed by atoms with Gasteiger partial charge in [-0.3, -0.25) is 0 Å². The van der Waals surface area contributed by atoms with Crippen molar-refractivity contribution in [2.45, 2.75) is 37.8 Å². The predicted octanol–water partition coefficient (Wildman–Crippen LogP) is 4.19. The molecule has 4 heterocycles. The second-order valence-corrected chi connectivity index (χ2v) is 10.2. The molecule has 2 saturated heterocycles. The van der Waals surface area contributed by atoms with Crippen molar-refractivity contribution in [3.05, 3.63) is 40.3 Å². The third kappa shape index (κ3) is 4.27. The third-order valence-electron chi connectivity index (χ3n) is 7.42. The fourth-order valence-electron chi connectivity index (χ4n) is 5.34. The number of halogens is 1. The monoisotopic (exact) mass is 532 g/mol. The minimum Gasteiger partial charge on any atom is -0.453 e. The van der Waals surface area contributed by atoms with Crippen molar-refractivity contribution in [3.63, 3.8) is 0 Å². The van der Waals surface area contributed by atoms with Gasteiger partial charge in [-0.25, -0.2) is 9.78 Å². The van der Waals surface area contributed by atoms with Gasteiger partial charge in [0.25, 0.3) is 17.4 Å². The number of carbonyl (C=O) groups is 1. The summed E-state index contributed by atoms with van der Waals surface area (Å²) in [6.45, 7) is 9.48. The van der Waals surface area contributed by atoms with Gasteiger partial charge in [0.05, 0.1) is 47.4 Å². The Bertz CT molecular complexity index is 1500. The summed E-state index contributed by atoms with van der Waals surface area (Å²) in [5.74, 6) is 1.42. The largest absolute Gasteiger partial charge is 0.453 e. The Kier molecular flexibility index (Phi) is 6.04. The normalized spacial score (nSPS) is 20.5. The summed E-state index contributed by atoms with van der Waals surface area (Å²) in [6, 6.07) is 5.97. The van der Waals surface area contributed by atoms with Crippen molar-refractivity contribution in [1.29, 1.82) is 5.26 Å². The molecule has 2 aromatic heterocycles. The predicted molar refractivity (Wildman–Crippen MR) is 141 cm³/mol. The van der Waals surface area contributed by atoms with Gasteiger partial charge in [0.1, 0.15) is 0 Å². The number of nitrogens with zero attached hydrogens (tertiary/aromatic N) is 8. The molecule has 1 aromatic carbocycles. The number of likely N-dealkylation sites (tertiary alicyclic amines) is 1. The van der Waals surface area contributed by atoms with E-state index in [9.17, 15) is 10.1 Å². The van der Waals surface area contributed by atoms with Crippen LogP contribution in [0.1, 0.15) is 31.2 Å². The van der Waals surface area contributed by atoms with Crippen LogP contribution < -0.4 is 15.5 Å². The van der Waals surface area contributed by atoms with Crippen LogP contribution in [0.4, 0.5) is 33.8 Å². The Labute approximate surface area is 224 Å². The number of hydrogen-bond acceptors (Lipinski definition) is 9. The van der Waals surface area contributed by atoms with Gasteiger partial charge in [0, 0.05) is 25.7 Å². The highest BCUT2D eigenvalue weighted by Crippen LogP contribution is 2.40. The summed E-state index contributed by atoms with van der Waals surface area (Å²) < 4.78 is 6.44. The van der Waals surface area contributed by atoms with E-state index < -0.39 is 0 Å².